The molecule has 9 heteroatoms. The molecular formula is C45H47N5O4. The lowest BCUT2D eigenvalue weighted by Gasteiger charge is -2.31. The second kappa shape index (κ2) is 17.8. The minimum atomic E-state index is -0.473. The number of ether oxygens (including phenoxy) is 1. The number of carbonyl (C=O) groups excluding carboxylic acids is 3. The van der Waals surface area contributed by atoms with E-state index in [2.05, 4.69) is 68.2 Å². The molecule has 0 saturated carbocycles. The van der Waals surface area contributed by atoms with E-state index in [1.54, 1.807) is 24.3 Å². The summed E-state index contributed by atoms with van der Waals surface area (Å²) in [6.07, 6.45) is 2.98. The smallest absolute Gasteiger partial charge is 0.411 e. The molecule has 5 aromatic carbocycles. The topological polar surface area (TPSA) is 103 Å². The SMILES string of the molecule is O=C(CN1CCCC1)Nc1cccc(C(=O)NCCN2CCC(OC(=O)Nc3cccc(-c4ccccc4)c3-c3ccccc3-c3ccccc3)CC2)c1. The van der Waals surface area contributed by atoms with Gasteiger partial charge in [0.15, 0.2) is 0 Å². The number of amides is 3. The Morgan fingerprint density at radius 1 is 0.630 bits per heavy atom. The molecule has 0 bridgehead atoms. The number of benzene rings is 5. The lowest BCUT2D eigenvalue weighted by atomic mass is 9.88. The van der Waals surface area contributed by atoms with Crippen LogP contribution in [-0.2, 0) is 9.53 Å². The van der Waals surface area contributed by atoms with Gasteiger partial charge < -0.3 is 20.3 Å². The zero-order chi connectivity index (χ0) is 37.1. The van der Waals surface area contributed by atoms with E-state index in [4.69, 9.17) is 4.74 Å². The Morgan fingerprint density at radius 2 is 1.26 bits per heavy atom. The van der Waals surface area contributed by atoms with Crippen molar-refractivity contribution in [3.63, 3.8) is 0 Å². The largest absolute Gasteiger partial charge is 0.446 e. The molecule has 9 nitrogen and oxygen atoms in total. The highest BCUT2D eigenvalue weighted by molar-refractivity contribution is 6.02. The molecule has 2 heterocycles. The standard InChI is InChI=1S/C45H47N5O4/c51-42(32-50-26-9-10-27-50)47-36-18-11-17-35(31-36)44(52)46-25-30-49-28-23-37(24-29-49)54-45(53)48-41-22-12-21-39(34-15-5-2-6-16-34)43(41)40-20-8-7-19-38(40)33-13-3-1-4-14-33/h1-8,11-22,31,37H,9-10,23-30,32H2,(H,46,52)(H,47,51)(H,48,53). The number of hydrogen-bond donors (Lipinski definition) is 3. The number of nitrogens with one attached hydrogen (secondary N) is 3. The lowest BCUT2D eigenvalue weighted by molar-refractivity contribution is -0.117. The van der Waals surface area contributed by atoms with Crippen molar-refractivity contribution < 1.29 is 19.1 Å². The summed E-state index contributed by atoms with van der Waals surface area (Å²) in [5.41, 5.74) is 8.02. The van der Waals surface area contributed by atoms with Gasteiger partial charge in [0.1, 0.15) is 6.10 Å². The first-order valence-electron chi connectivity index (χ1n) is 18.9. The number of piperidine rings is 1. The summed E-state index contributed by atoms with van der Waals surface area (Å²) in [5.74, 6) is -0.242. The fourth-order valence-corrected chi connectivity index (χ4v) is 7.43. The molecular weight excluding hydrogens is 675 g/mol. The minimum Gasteiger partial charge on any atom is -0.446 e. The predicted octanol–water partition coefficient (Wildman–Crippen LogP) is 8.16. The van der Waals surface area contributed by atoms with Crippen molar-refractivity contribution in [2.75, 3.05) is 56.4 Å². The van der Waals surface area contributed by atoms with Crippen molar-refractivity contribution in [1.82, 2.24) is 15.1 Å². The average Bonchev–Trinajstić information content (AvgIpc) is 3.72. The van der Waals surface area contributed by atoms with Crippen LogP contribution in [0.3, 0.4) is 0 Å². The van der Waals surface area contributed by atoms with Gasteiger partial charge in [0.25, 0.3) is 5.91 Å². The van der Waals surface area contributed by atoms with Crippen molar-refractivity contribution in [2.24, 2.45) is 0 Å². The van der Waals surface area contributed by atoms with E-state index in [1.807, 2.05) is 60.7 Å². The number of nitrogens with zero attached hydrogens (tertiary/aromatic N) is 2. The third kappa shape index (κ3) is 9.41. The molecule has 3 N–H and O–H groups in total. The monoisotopic (exact) mass is 721 g/mol. The molecule has 0 aromatic heterocycles. The molecule has 0 aliphatic carbocycles. The summed E-state index contributed by atoms with van der Waals surface area (Å²) in [5, 5.41) is 9.03. The summed E-state index contributed by atoms with van der Waals surface area (Å²) in [4.78, 5) is 43.3. The van der Waals surface area contributed by atoms with E-state index in [9.17, 15) is 14.4 Å². The van der Waals surface area contributed by atoms with Crippen molar-refractivity contribution in [3.05, 3.63) is 133 Å². The van der Waals surface area contributed by atoms with Crippen LogP contribution in [0, 0.1) is 0 Å². The summed E-state index contributed by atoms with van der Waals surface area (Å²) in [6.45, 7) is 4.96. The van der Waals surface area contributed by atoms with Crippen LogP contribution in [0.15, 0.2) is 127 Å². The van der Waals surface area contributed by atoms with Crippen molar-refractivity contribution in [3.8, 4) is 33.4 Å². The predicted molar refractivity (Wildman–Crippen MR) is 215 cm³/mol. The Hall–Kier alpha value is -5.77. The number of likely N-dealkylation sites (tertiary alicyclic amines) is 2. The zero-order valence-corrected chi connectivity index (χ0v) is 30.5. The quantitative estimate of drug-likeness (QED) is 0.120. The molecule has 3 amide bonds. The van der Waals surface area contributed by atoms with Crippen molar-refractivity contribution in [1.29, 1.82) is 0 Å². The number of anilines is 2. The van der Waals surface area contributed by atoms with Crippen LogP contribution in [0.25, 0.3) is 33.4 Å². The van der Waals surface area contributed by atoms with E-state index in [0.29, 0.717) is 49.4 Å². The summed E-state index contributed by atoms with van der Waals surface area (Å²) in [7, 11) is 0. The Morgan fingerprint density at radius 3 is 1.98 bits per heavy atom. The molecule has 2 aliphatic heterocycles. The maximum Gasteiger partial charge on any atom is 0.411 e. The number of carbonyl (C=O) groups is 3. The highest BCUT2D eigenvalue weighted by Gasteiger charge is 2.24. The van der Waals surface area contributed by atoms with Crippen molar-refractivity contribution in [2.45, 2.75) is 31.8 Å². The molecule has 7 rings (SSSR count). The Kier molecular flexibility index (Phi) is 12.1. The Bertz CT molecular complexity index is 2040. The highest BCUT2D eigenvalue weighted by Crippen LogP contribution is 2.42. The van der Waals surface area contributed by atoms with Gasteiger partial charge in [0, 0.05) is 43.0 Å². The second-order valence-electron chi connectivity index (χ2n) is 13.9. The van der Waals surface area contributed by atoms with Crippen LogP contribution in [0.5, 0.6) is 0 Å². The van der Waals surface area contributed by atoms with Crippen LogP contribution in [0.1, 0.15) is 36.0 Å². The fourth-order valence-electron chi connectivity index (χ4n) is 7.43. The summed E-state index contributed by atoms with van der Waals surface area (Å²) in [6, 6.07) is 41.8. The lowest BCUT2D eigenvalue weighted by Crippen LogP contribution is -2.42. The molecule has 2 fully saturated rings. The molecule has 0 unspecified atom stereocenters. The van der Waals surface area contributed by atoms with Crippen LogP contribution < -0.4 is 16.0 Å². The van der Waals surface area contributed by atoms with Gasteiger partial charge in [-0.25, -0.2) is 4.79 Å². The molecule has 0 radical (unpaired) electrons. The van der Waals surface area contributed by atoms with Gasteiger partial charge >= 0.3 is 6.09 Å². The molecule has 54 heavy (non-hydrogen) atoms. The number of rotatable bonds is 12. The summed E-state index contributed by atoms with van der Waals surface area (Å²) < 4.78 is 5.99. The first kappa shape index (κ1) is 36.6. The van der Waals surface area contributed by atoms with E-state index < -0.39 is 6.09 Å². The molecule has 2 saturated heterocycles. The van der Waals surface area contributed by atoms with Gasteiger partial charge in [-0.1, -0.05) is 103 Å². The first-order valence-corrected chi connectivity index (χ1v) is 18.9. The van der Waals surface area contributed by atoms with Gasteiger partial charge in [0.2, 0.25) is 5.91 Å². The molecule has 0 spiro atoms. The Balaban J connectivity index is 0.928. The molecule has 276 valence electrons. The normalized spacial score (nSPS) is 15.0. The molecule has 0 atom stereocenters. The van der Waals surface area contributed by atoms with Crippen LogP contribution in [0.4, 0.5) is 16.2 Å². The van der Waals surface area contributed by atoms with Gasteiger partial charge in [-0.15, -0.1) is 0 Å². The molecule has 2 aliphatic rings. The van der Waals surface area contributed by atoms with E-state index in [1.165, 1.54) is 0 Å². The van der Waals surface area contributed by atoms with E-state index in [0.717, 1.165) is 72.4 Å². The van der Waals surface area contributed by atoms with Gasteiger partial charge in [0.05, 0.1) is 12.2 Å². The third-order valence-corrected chi connectivity index (χ3v) is 10.2. The van der Waals surface area contributed by atoms with Gasteiger partial charge in [-0.2, -0.15) is 0 Å². The van der Waals surface area contributed by atoms with Gasteiger partial charge in [-0.3, -0.25) is 19.8 Å². The third-order valence-electron chi connectivity index (χ3n) is 10.2. The maximum absolute atomic E-state index is 13.5. The van der Waals surface area contributed by atoms with E-state index in [-0.39, 0.29) is 17.9 Å². The van der Waals surface area contributed by atoms with Crippen LogP contribution in [-0.4, -0.2) is 79.6 Å². The Labute approximate surface area is 317 Å². The highest BCUT2D eigenvalue weighted by atomic mass is 16.6. The maximum atomic E-state index is 13.5. The van der Waals surface area contributed by atoms with Crippen molar-refractivity contribution >= 4 is 29.3 Å². The minimum absolute atomic E-state index is 0.0639. The zero-order valence-electron chi connectivity index (χ0n) is 30.5. The second-order valence-corrected chi connectivity index (χ2v) is 13.9. The average molecular weight is 722 g/mol. The molecule has 5 aromatic rings. The van der Waals surface area contributed by atoms with E-state index >= 15 is 0 Å². The van der Waals surface area contributed by atoms with Gasteiger partial charge in [-0.05, 0) is 90.9 Å². The summed E-state index contributed by atoms with van der Waals surface area (Å²) >= 11 is 0. The van der Waals surface area contributed by atoms with Crippen LogP contribution in [0.2, 0.25) is 0 Å². The van der Waals surface area contributed by atoms with Crippen LogP contribution >= 0.6 is 0 Å². The first-order chi connectivity index (χ1) is 26.5. The fraction of sp³-hybridized carbons (Fsp3) is 0.267. The number of hydrogen-bond acceptors (Lipinski definition) is 6.